The number of hydrogen-bond donors (Lipinski definition) is 1. The highest BCUT2D eigenvalue weighted by Gasteiger charge is 2.31. The van der Waals surface area contributed by atoms with Crippen LogP contribution < -0.4 is 0 Å². The van der Waals surface area contributed by atoms with Gasteiger partial charge in [0.1, 0.15) is 18.0 Å². The fourth-order valence-electron chi connectivity index (χ4n) is 3.80. The zero-order chi connectivity index (χ0) is 19.4. The first kappa shape index (κ1) is 19.1. The lowest BCUT2D eigenvalue weighted by Crippen LogP contribution is -2.40. The molecular formula is C21H24FNO4. The number of hydrogen-bond acceptors (Lipinski definition) is 3. The molecule has 1 fully saturated rings. The number of aliphatic carboxylic acids is 1. The highest BCUT2D eigenvalue weighted by atomic mass is 19.1. The SMILES string of the molecule is Cc1coc(CC(=O)O)c1C(=O)N(CCc1cccc(F)c1)C1CCCC1. The minimum Gasteiger partial charge on any atom is -0.481 e. The molecule has 144 valence electrons. The second kappa shape index (κ2) is 8.37. The number of nitrogens with zero attached hydrogens (tertiary/aromatic N) is 1. The maximum atomic E-state index is 13.5. The van der Waals surface area contributed by atoms with Gasteiger partial charge in [0.05, 0.1) is 11.8 Å². The van der Waals surface area contributed by atoms with Gasteiger partial charge in [-0.3, -0.25) is 9.59 Å². The van der Waals surface area contributed by atoms with Crippen molar-refractivity contribution in [3.05, 3.63) is 58.8 Å². The van der Waals surface area contributed by atoms with Gasteiger partial charge in [0.2, 0.25) is 0 Å². The summed E-state index contributed by atoms with van der Waals surface area (Å²) in [6.45, 7) is 2.21. The molecule has 0 radical (unpaired) electrons. The highest BCUT2D eigenvalue weighted by Crippen LogP contribution is 2.28. The third kappa shape index (κ3) is 4.56. The number of halogens is 1. The molecule has 6 heteroatoms. The van der Waals surface area contributed by atoms with Gasteiger partial charge in [0, 0.05) is 18.2 Å². The Morgan fingerprint density at radius 3 is 2.70 bits per heavy atom. The first-order valence-corrected chi connectivity index (χ1v) is 9.30. The predicted octanol–water partition coefficient (Wildman–Crippen LogP) is 3.98. The normalized spacial score (nSPS) is 14.4. The molecule has 1 N–H and O–H groups in total. The van der Waals surface area contributed by atoms with E-state index in [1.54, 1.807) is 13.0 Å². The number of carbonyl (C=O) groups excluding carboxylic acids is 1. The van der Waals surface area contributed by atoms with Crippen molar-refractivity contribution in [2.24, 2.45) is 0 Å². The van der Waals surface area contributed by atoms with Crippen molar-refractivity contribution in [3.63, 3.8) is 0 Å². The Morgan fingerprint density at radius 2 is 2.04 bits per heavy atom. The van der Waals surface area contributed by atoms with Crippen LogP contribution in [-0.2, 0) is 17.6 Å². The maximum absolute atomic E-state index is 13.5. The number of benzene rings is 1. The lowest BCUT2D eigenvalue weighted by molar-refractivity contribution is -0.136. The van der Waals surface area contributed by atoms with E-state index in [2.05, 4.69) is 0 Å². The van der Waals surface area contributed by atoms with Crippen LogP contribution in [0.3, 0.4) is 0 Å². The van der Waals surface area contributed by atoms with E-state index in [-0.39, 0.29) is 29.9 Å². The van der Waals surface area contributed by atoms with Gasteiger partial charge in [-0.2, -0.15) is 0 Å². The summed E-state index contributed by atoms with van der Waals surface area (Å²) >= 11 is 0. The maximum Gasteiger partial charge on any atom is 0.311 e. The Bertz CT molecular complexity index is 823. The molecule has 0 aliphatic heterocycles. The minimum atomic E-state index is -1.04. The number of carboxylic acids is 1. The average Bonchev–Trinajstić information content (AvgIpc) is 3.25. The third-order valence-electron chi connectivity index (χ3n) is 5.13. The number of carbonyl (C=O) groups is 2. The molecule has 5 nitrogen and oxygen atoms in total. The van der Waals surface area contributed by atoms with E-state index in [9.17, 15) is 14.0 Å². The van der Waals surface area contributed by atoms with Crippen LogP contribution in [0.1, 0.15) is 52.9 Å². The summed E-state index contributed by atoms with van der Waals surface area (Å²) in [7, 11) is 0. The van der Waals surface area contributed by atoms with E-state index in [0.717, 1.165) is 31.2 Å². The smallest absolute Gasteiger partial charge is 0.311 e. The van der Waals surface area contributed by atoms with Crippen molar-refractivity contribution in [2.75, 3.05) is 6.54 Å². The summed E-state index contributed by atoms with van der Waals surface area (Å²) in [5, 5.41) is 9.09. The van der Waals surface area contributed by atoms with E-state index in [0.29, 0.717) is 24.1 Å². The second-order valence-corrected chi connectivity index (χ2v) is 7.10. The van der Waals surface area contributed by atoms with Crippen molar-refractivity contribution in [2.45, 2.75) is 51.5 Å². The zero-order valence-corrected chi connectivity index (χ0v) is 15.4. The van der Waals surface area contributed by atoms with E-state index in [1.165, 1.54) is 18.4 Å². The first-order valence-electron chi connectivity index (χ1n) is 9.30. The quantitative estimate of drug-likeness (QED) is 0.797. The van der Waals surface area contributed by atoms with E-state index in [4.69, 9.17) is 9.52 Å². The Morgan fingerprint density at radius 1 is 1.30 bits per heavy atom. The van der Waals surface area contributed by atoms with Gasteiger partial charge >= 0.3 is 5.97 Å². The van der Waals surface area contributed by atoms with E-state index < -0.39 is 5.97 Å². The fourth-order valence-corrected chi connectivity index (χ4v) is 3.80. The molecule has 1 aromatic heterocycles. The Hall–Kier alpha value is -2.63. The summed E-state index contributed by atoms with van der Waals surface area (Å²) in [4.78, 5) is 26.2. The number of carboxylic acid groups (broad SMARTS) is 1. The van der Waals surface area contributed by atoms with Gasteiger partial charge in [0.15, 0.2) is 0 Å². The summed E-state index contributed by atoms with van der Waals surface area (Å²) in [6.07, 6.45) is 5.66. The highest BCUT2D eigenvalue weighted by molar-refractivity contribution is 5.97. The molecule has 1 aliphatic rings. The van der Waals surface area contributed by atoms with E-state index >= 15 is 0 Å². The van der Waals surface area contributed by atoms with Crippen molar-refractivity contribution in [1.29, 1.82) is 0 Å². The molecule has 27 heavy (non-hydrogen) atoms. The summed E-state index contributed by atoms with van der Waals surface area (Å²) in [6, 6.07) is 6.52. The van der Waals surface area contributed by atoms with Gasteiger partial charge in [-0.25, -0.2) is 4.39 Å². The fraction of sp³-hybridized carbons (Fsp3) is 0.429. The first-order chi connectivity index (χ1) is 13.0. The molecule has 1 heterocycles. The lowest BCUT2D eigenvalue weighted by Gasteiger charge is -2.29. The molecule has 0 atom stereocenters. The molecule has 1 saturated carbocycles. The second-order valence-electron chi connectivity index (χ2n) is 7.10. The Balaban J connectivity index is 1.83. The molecule has 0 bridgehead atoms. The van der Waals surface area contributed by atoms with Crippen LogP contribution in [-0.4, -0.2) is 34.5 Å². The average molecular weight is 373 g/mol. The Labute approximate surface area is 157 Å². The van der Waals surface area contributed by atoms with Crippen molar-refractivity contribution < 1.29 is 23.5 Å². The third-order valence-corrected chi connectivity index (χ3v) is 5.13. The summed E-state index contributed by atoms with van der Waals surface area (Å²) in [5.74, 6) is -1.33. The molecule has 3 rings (SSSR count). The summed E-state index contributed by atoms with van der Waals surface area (Å²) < 4.78 is 18.8. The number of aryl methyl sites for hydroxylation is 1. The van der Waals surface area contributed by atoms with Crippen molar-refractivity contribution >= 4 is 11.9 Å². The molecule has 0 spiro atoms. The molecule has 1 aliphatic carbocycles. The van der Waals surface area contributed by atoms with E-state index in [1.807, 2.05) is 11.0 Å². The topological polar surface area (TPSA) is 70.7 Å². The molecular weight excluding hydrogens is 349 g/mol. The zero-order valence-electron chi connectivity index (χ0n) is 15.4. The predicted molar refractivity (Wildman–Crippen MR) is 98.2 cm³/mol. The van der Waals surface area contributed by atoms with Gasteiger partial charge in [-0.05, 0) is 43.9 Å². The minimum absolute atomic E-state index is 0.123. The molecule has 2 aromatic rings. The lowest BCUT2D eigenvalue weighted by atomic mass is 10.0. The standard InChI is InChI=1S/C21H24FNO4/c1-14-13-27-18(12-19(24)25)20(14)21(26)23(17-7-2-3-8-17)10-9-15-5-4-6-16(22)11-15/h4-6,11,13,17H,2-3,7-10,12H2,1H3,(H,24,25). The molecule has 0 unspecified atom stereocenters. The molecule has 1 amide bonds. The van der Waals surface area contributed by atoms with Crippen LogP contribution in [0.2, 0.25) is 0 Å². The van der Waals surface area contributed by atoms with Gasteiger partial charge in [-0.15, -0.1) is 0 Å². The van der Waals surface area contributed by atoms with Crippen LogP contribution in [0.25, 0.3) is 0 Å². The van der Waals surface area contributed by atoms with Crippen molar-refractivity contribution in [1.82, 2.24) is 4.90 Å². The van der Waals surface area contributed by atoms with Crippen LogP contribution in [0.5, 0.6) is 0 Å². The van der Waals surface area contributed by atoms with Crippen LogP contribution >= 0.6 is 0 Å². The Kier molecular flexibility index (Phi) is 5.94. The molecule has 1 aromatic carbocycles. The van der Waals surface area contributed by atoms with Crippen LogP contribution in [0.15, 0.2) is 34.9 Å². The number of rotatable bonds is 7. The number of furan rings is 1. The molecule has 0 saturated heterocycles. The monoisotopic (exact) mass is 373 g/mol. The van der Waals surface area contributed by atoms with Gasteiger partial charge in [0.25, 0.3) is 5.91 Å². The van der Waals surface area contributed by atoms with Gasteiger partial charge < -0.3 is 14.4 Å². The van der Waals surface area contributed by atoms with Crippen LogP contribution in [0.4, 0.5) is 4.39 Å². The van der Waals surface area contributed by atoms with Crippen LogP contribution in [0, 0.1) is 12.7 Å². The van der Waals surface area contributed by atoms with Crippen molar-refractivity contribution in [3.8, 4) is 0 Å². The number of amides is 1. The largest absolute Gasteiger partial charge is 0.481 e. The van der Waals surface area contributed by atoms with Gasteiger partial charge in [-0.1, -0.05) is 25.0 Å². The summed E-state index contributed by atoms with van der Waals surface area (Å²) in [5.41, 5.74) is 1.83.